The summed E-state index contributed by atoms with van der Waals surface area (Å²) in [4.78, 5) is 13.6. The molecule has 0 radical (unpaired) electrons. The highest BCUT2D eigenvalue weighted by atomic mass is 19.1. The number of hydrogen-bond donors (Lipinski definition) is 1. The second-order valence-corrected chi connectivity index (χ2v) is 5.38. The van der Waals surface area contributed by atoms with Crippen LogP contribution in [0.2, 0.25) is 0 Å². The highest BCUT2D eigenvalue weighted by molar-refractivity contribution is 5.96. The number of carbonyl (C=O) groups is 1. The molecule has 4 nitrogen and oxygen atoms in total. The molecular formula is C15H16FNO3. The summed E-state index contributed by atoms with van der Waals surface area (Å²) < 4.78 is 18.5. The number of fused-ring (bicyclic) bond motifs is 1. The van der Waals surface area contributed by atoms with Crippen LogP contribution in [0.4, 0.5) is 4.39 Å². The lowest BCUT2D eigenvalue weighted by Crippen LogP contribution is -2.35. The molecule has 5 heteroatoms. The van der Waals surface area contributed by atoms with Crippen molar-refractivity contribution >= 4 is 16.9 Å². The van der Waals surface area contributed by atoms with Crippen LogP contribution in [0.3, 0.4) is 0 Å². The predicted molar refractivity (Wildman–Crippen MR) is 71.9 cm³/mol. The number of benzene rings is 1. The fourth-order valence-electron chi connectivity index (χ4n) is 2.30. The van der Waals surface area contributed by atoms with Gasteiger partial charge in [-0.25, -0.2) is 4.39 Å². The Hall–Kier alpha value is -1.88. The lowest BCUT2D eigenvalue weighted by molar-refractivity contribution is 0.0620. The Bertz CT molecular complexity index is 648. The van der Waals surface area contributed by atoms with Crippen LogP contribution in [-0.4, -0.2) is 35.6 Å². The lowest BCUT2D eigenvalue weighted by atomic mass is 10.2. The van der Waals surface area contributed by atoms with Crippen LogP contribution in [0.25, 0.3) is 11.0 Å². The minimum Gasteiger partial charge on any atom is -0.451 e. The molecule has 1 fully saturated rings. The van der Waals surface area contributed by atoms with E-state index < -0.39 is 6.10 Å². The lowest BCUT2D eigenvalue weighted by Gasteiger charge is -2.19. The van der Waals surface area contributed by atoms with Crippen molar-refractivity contribution in [1.29, 1.82) is 0 Å². The van der Waals surface area contributed by atoms with Gasteiger partial charge in [0.05, 0.1) is 6.10 Å². The first kappa shape index (κ1) is 13.1. The van der Waals surface area contributed by atoms with Gasteiger partial charge in [0.25, 0.3) is 5.91 Å². The molecule has 1 unspecified atom stereocenters. The first-order valence-electron chi connectivity index (χ1n) is 6.67. The summed E-state index contributed by atoms with van der Waals surface area (Å²) in [6, 6.07) is 5.65. The van der Waals surface area contributed by atoms with Gasteiger partial charge in [-0.2, -0.15) is 0 Å². The maximum absolute atomic E-state index is 13.1. The Morgan fingerprint density at radius 3 is 2.95 bits per heavy atom. The monoisotopic (exact) mass is 277 g/mol. The fourth-order valence-corrected chi connectivity index (χ4v) is 2.30. The largest absolute Gasteiger partial charge is 0.451 e. The normalized spacial score (nSPS) is 16.4. The SMILES string of the molecule is CN(CC(O)C1CC1)C(=O)c1cc2cc(F)ccc2o1. The first-order chi connectivity index (χ1) is 9.54. The summed E-state index contributed by atoms with van der Waals surface area (Å²) in [7, 11) is 1.63. The molecule has 0 bridgehead atoms. The third-order valence-electron chi connectivity index (χ3n) is 3.66. The molecule has 0 aliphatic heterocycles. The highest BCUT2D eigenvalue weighted by Gasteiger charge is 2.31. The van der Waals surface area contributed by atoms with E-state index >= 15 is 0 Å². The van der Waals surface area contributed by atoms with Gasteiger partial charge < -0.3 is 14.4 Å². The van der Waals surface area contributed by atoms with E-state index in [0.717, 1.165) is 12.8 Å². The summed E-state index contributed by atoms with van der Waals surface area (Å²) in [6.45, 7) is 0.287. The van der Waals surface area contributed by atoms with Gasteiger partial charge in [0.2, 0.25) is 0 Å². The molecule has 20 heavy (non-hydrogen) atoms. The zero-order valence-electron chi connectivity index (χ0n) is 11.2. The van der Waals surface area contributed by atoms with Gasteiger partial charge >= 0.3 is 0 Å². The van der Waals surface area contributed by atoms with Crippen molar-refractivity contribution in [2.75, 3.05) is 13.6 Å². The number of likely N-dealkylation sites (N-methyl/N-ethyl adjacent to an activating group) is 1. The summed E-state index contributed by atoms with van der Waals surface area (Å²) in [5.74, 6) is -0.192. The van der Waals surface area contributed by atoms with E-state index in [4.69, 9.17) is 4.42 Å². The summed E-state index contributed by atoms with van der Waals surface area (Å²) in [6.07, 6.45) is 1.56. The Labute approximate surface area is 115 Å². The van der Waals surface area contributed by atoms with Gasteiger partial charge in [0.1, 0.15) is 11.4 Å². The second kappa shape index (κ2) is 4.90. The number of aliphatic hydroxyl groups is 1. The number of carbonyl (C=O) groups excluding carboxylic acids is 1. The van der Waals surface area contributed by atoms with Crippen molar-refractivity contribution in [3.8, 4) is 0 Å². The van der Waals surface area contributed by atoms with Crippen molar-refractivity contribution in [2.24, 2.45) is 5.92 Å². The molecule has 1 heterocycles. The number of hydrogen-bond acceptors (Lipinski definition) is 3. The van der Waals surface area contributed by atoms with Crippen molar-refractivity contribution in [3.05, 3.63) is 35.8 Å². The molecule has 1 amide bonds. The number of nitrogens with zero attached hydrogens (tertiary/aromatic N) is 1. The third-order valence-corrected chi connectivity index (χ3v) is 3.66. The van der Waals surface area contributed by atoms with Crippen LogP contribution in [0.15, 0.2) is 28.7 Å². The standard InChI is InChI=1S/C15H16FNO3/c1-17(8-12(18)9-2-3-9)15(19)14-7-10-6-11(16)4-5-13(10)20-14/h4-7,9,12,18H,2-3,8H2,1H3. The minimum absolute atomic E-state index is 0.163. The zero-order valence-corrected chi connectivity index (χ0v) is 11.2. The molecular weight excluding hydrogens is 261 g/mol. The molecule has 1 atom stereocenters. The Morgan fingerprint density at radius 1 is 1.50 bits per heavy atom. The number of furan rings is 1. The van der Waals surface area contributed by atoms with Crippen molar-refractivity contribution in [1.82, 2.24) is 4.90 Å². The van der Waals surface area contributed by atoms with E-state index in [2.05, 4.69) is 0 Å². The van der Waals surface area contributed by atoms with E-state index in [-0.39, 0.29) is 24.0 Å². The average Bonchev–Trinajstić information content (AvgIpc) is 3.18. The molecule has 106 valence electrons. The van der Waals surface area contributed by atoms with E-state index in [9.17, 15) is 14.3 Å². The second-order valence-electron chi connectivity index (χ2n) is 5.38. The topological polar surface area (TPSA) is 53.7 Å². The number of halogens is 1. The number of aliphatic hydroxyl groups excluding tert-OH is 1. The van der Waals surface area contributed by atoms with Gasteiger partial charge in [-0.05, 0) is 43.0 Å². The van der Waals surface area contributed by atoms with Crippen LogP contribution >= 0.6 is 0 Å². The number of rotatable bonds is 4. The molecule has 3 rings (SSSR count). The van der Waals surface area contributed by atoms with Gasteiger partial charge in [0.15, 0.2) is 5.76 Å². The Balaban J connectivity index is 1.76. The van der Waals surface area contributed by atoms with Crippen molar-refractivity contribution < 1.29 is 18.7 Å². The molecule has 1 aromatic heterocycles. The molecule has 0 spiro atoms. The maximum atomic E-state index is 13.1. The van der Waals surface area contributed by atoms with E-state index in [1.165, 1.54) is 29.2 Å². The smallest absolute Gasteiger partial charge is 0.289 e. The number of amides is 1. The molecule has 1 aliphatic carbocycles. The first-order valence-corrected chi connectivity index (χ1v) is 6.67. The average molecular weight is 277 g/mol. The van der Waals surface area contributed by atoms with Gasteiger partial charge in [-0.3, -0.25) is 4.79 Å². The zero-order chi connectivity index (χ0) is 14.3. The van der Waals surface area contributed by atoms with Crippen molar-refractivity contribution in [2.45, 2.75) is 18.9 Å². The Morgan fingerprint density at radius 2 is 2.25 bits per heavy atom. The maximum Gasteiger partial charge on any atom is 0.289 e. The van der Waals surface area contributed by atoms with Crippen LogP contribution in [-0.2, 0) is 0 Å². The fraction of sp³-hybridized carbons (Fsp3) is 0.400. The predicted octanol–water partition coefficient (Wildman–Crippen LogP) is 2.41. The van der Waals surface area contributed by atoms with E-state index in [1.54, 1.807) is 7.05 Å². The quantitative estimate of drug-likeness (QED) is 0.933. The van der Waals surface area contributed by atoms with Gasteiger partial charge in [0, 0.05) is 19.0 Å². The molecule has 1 N–H and O–H groups in total. The minimum atomic E-state index is -0.481. The summed E-state index contributed by atoms with van der Waals surface area (Å²) in [5.41, 5.74) is 0.478. The third kappa shape index (κ3) is 2.54. The molecule has 1 aliphatic rings. The van der Waals surface area contributed by atoms with Crippen LogP contribution in [0, 0.1) is 11.7 Å². The summed E-state index contributed by atoms with van der Waals surface area (Å²) >= 11 is 0. The van der Waals surface area contributed by atoms with Crippen LogP contribution in [0.1, 0.15) is 23.4 Å². The van der Waals surface area contributed by atoms with E-state index in [0.29, 0.717) is 16.9 Å². The Kier molecular flexibility index (Phi) is 3.22. The van der Waals surface area contributed by atoms with Gasteiger partial charge in [-0.1, -0.05) is 0 Å². The molecule has 2 aromatic rings. The van der Waals surface area contributed by atoms with Crippen LogP contribution in [0.5, 0.6) is 0 Å². The molecule has 1 aromatic carbocycles. The van der Waals surface area contributed by atoms with Crippen LogP contribution < -0.4 is 0 Å². The molecule has 0 saturated heterocycles. The molecule has 1 saturated carbocycles. The van der Waals surface area contributed by atoms with E-state index in [1.807, 2.05) is 0 Å². The van der Waals surface area contributed by atoms with Gasteiger partial charge in [-0.15, -0.1) is 0 Å². The van der Waals surface area contributed by atoms with Crippen molar-refractivity contribution in [3.63, 3.8) is 0 Å². The highest BCUT2D eigenvalue weighted by Crippen LogP contribution is 2.33. The summed E-state index contributed by atoms with van der Waals surface area (Å²) in [5, 5.41) is 10.4.